The van der Waals surface area contributed by atoms with Gasteiger partial charge in [-0.15, -0.1) is 0 Å². The minimum Gasteiger partial charge on any atom is -0.379 e. The van der Waals surface area contributed by atoms with Crippen LogP contribution in [0.15, 0.2) is 83.9 Å². The minimum absolute atomic E-state index is 0.162. The van der Waals surface area contributed by atoms with Gasteiger partial charge in [0.1, 0.15) is 10.6 Å². The van der Waals surface area contributed by atoms with Gasteiger partial charge in [-0.25, -0.2) is 0 Å². The van der Waals surface area contributed by atoms with Crippen molar-refractivity contribution in [1.29, 1.82) is 0 Å². The lowest BCUT2D eigenvalue weighted by molar-refractivity contribution is 0.209. The molecule has 0 atom stereocenters. The van der Waals surface area contributed by atoms with Gasteiger partial charge < -0.3 is 14.1 Å². The summed E-state index contributed by atoms with van der Waals surface area (Å²) < 4.78 is 30.9. The molecule has 4 aromatic rings. The van der Waals surface area contributed by atoms with Crippen LogP contribution in [0, 0.1) is 6.92 Å². The molecule has 0 saturated carbocycles. The van der Waals surface area contributed by atoms with E-state index in [-0.39, 0.29) is 4.90 Å². The Morgan fingerprint density at radius 1 is 0.944 bits per heavy atom. The lowest BCUT2D eigenvalue weighted by Crippen LogP contribution is -2.33. The van der Waals surface area contributed by atoms with Crippen molar-refractivity contribution in [2.45, 2.75) is 49.8 Å². The molecule has 3 aromatic carbocycles. The minimum atomic E-state index is -3.87. The fraction of sp³-hybridized carbons (Fsp3) is 0.333. The van der Waals surface area contributed by atoms with Crippen molar-refractivity contribution in [3.05, 3.63) is 95.7 Å². The van der Waals surface area contributed by atoms with E-state index in [1.54, 1.807) is 30.3 Å². The maximum absolute atomic E-state index is 12.7. The van der Waals surface area contributed by atoms with Crippen LogP contribution in [-0.4, -0.2) is 37.9 Å². The van der Waals surface area contributed by atoms with Crippen LogP contribution in [0.1, 0.15) is 48.3 Å². The topological polar surface area (TPSA) is 62.4 Å². The summed E-state index contributed by atoms with van der Waals surface area (Å²) in [6.45, 7) is 5.39. The fourth-order valence-electron chi connectivity index (χ4n) is 5.16. The van der Waals surface area contributed by atoms with Crippen molar-refractivity contribution >= 4 is 21.0 Å². The number of benzene rings is 3. The van der Waals surface area contributed by atoms with Gasteiger partial charge >= 0.3 is 10.1 Å². The molecule has 5 nitrogen and oxygen atoms in total. The van der Waals surface area contributed by atoms with Crippen LogP contribution in [-0.2, 0) is 16.5 Å². The number of hydrogen-bond acceptors (Lipinski definition) is 4. The summed E-state index contributed by atoms with van der Waals surface area (Å²) in [5.74, 6) is 1.03. The fourth-order valence-corrected chi connectivity index (χ4v) is 6.08. The normalized spacial score (nSPS) is 15.4. The molecule has 1 aliphatic heterocycles. The summed E-state index contributed by atoms with van der Waals surface area (Å²) in [4.78, 5) is 6.07. The van der Waals surface area contributed by atoms with Gasteiger partial charge in [0.15, 0.2) is 0 Å². The maximum atomic E-state index is 12.7. The zero-order valence-electron chi connectivity index (χ0n) is 20.8. The van der Waals surface area contributed by atoms with Crippen LogP contribution in [0.25, 0.3) is 10.9 Å². The van der Waals surface area contributed by atoms with Crippen molar-refractivity contribution in [2.75, 3.05) is 19.6 Å². The highest BCUT2D eigenvalue weighted by Gasteiger charge is 2.20. The standard InChI is InChI=1S/C30H34N2O3S/c1-23-10-13-28(14-11-23)36(33,34)35-27-12-15-30-29(21-27)26(22-31-30)9-5-6-18-32-19-16-25(17-20-32)24-7-3-2-4-8-24/h2-4,7-8,10-15,21-22,25,31H,5-6,9,16-20H2,1H3. The smallest absolute Gasteiger partial charge is 0.339 e. The Kier molecular flexibility index (Phi) is 7.44. The first-order valence-corrected chi connectivity index (χ1v) is 14.3. The molecule has 5 rings (SSSR count). The van der Waals surface area contributed by atoms with Gasteiger partial charge in [-0.05, 0) is 106 Å². The summed E-state index contributed by atoms with van der Waals surface area (Å²) in [7, 11) is -3.87. The molecule has 0 radical (unpaired) electrons. The Morgan fingerprint density at radius 3 is 2.44 bits per heavy atom. The van der Waals surface area contributed by atoms with Gasteiger partial charge in [0.2, 0.25) is 0 Å². The Hall–Kier alpha value is -3.09. The number of rotatable bonds is 9. The number of aromatic nitrogens is 1. The highest BCUT2D eigenvalue weighted by molar-refractivity contribution is 7.87. The van der Waals surface area contributed by atoms with E-state index in [1.165, 1.54) is 37.1 Å². The van der Waals surface area contributed by atoms with E-state index in [2.05, 4.69) is 40.2 Å². The number of unbranched alkanes of at least 4 members (excludes halogenated alkanes) is 1. The predicted molar refractivity (Wildman–Crippen MR) is 145 cm³/mol. The summed E-state index contributed by atoms with van der Waals surface area (Å²) in [6, 6.07) is 23.0. The van der Waals surface area contributed by atoms with Crippen molar-refractivity contribution in [2.24, 2.45) is 0 Å². The molecule has 0 amide bonds. The first kappa shape index (κ1) is 24.6. The number of nitrogens with zero attached hydrogens (tertiary/aromatic N) is 1. The van der Waals surface area contributed by atoms with Crippen LogP contribution in [0.4, 0.5) is 0 Å². The van der Waals surface area contributed by atoms with Gasteiger partial charge in [-0.1, -0.05) is 48.0 Å². The highest BCUT2D eigenvalue weighted by atomic mass is 32.2. The molecule has 36 heavy (non-hydrogen) atoms. The number of fused-ring (bicyclic) bond motifs is 1. The molecule has 0 bridgehead atoms. The average molecular weight is 503 g/mol. The number of aryl methyl sites for hydroxylation is 2. The third-order valence-corrected chi connectivity index (χ3v) is 8.54. The van der Waals surface area contributed by atoms with Crippen LogP contribution < -0.4 is 4.18 Å². The van der Waals surface area contributed by atoms with Crippen LogP contribution >= 0.6 is 0 Å². The largest absolute Gasteiger partial charge is 0.379 e. The molecular weight excluding hydrogens is 468 g/mol. The number of piperidine rings is 1. The van der Waals surface area contributed by atoms with Crippen molar-refractivity contribution in [3.63, 3.8) is 0 Å². The zero-order chi connectivity index (χ0) is 25.0. The monoisotopic (exact) mass is 502 g/mol. The molecular formula is C30H34N2O3S. The van der Waals surface area contributed by atoms with Crippen LogP contribution in [0.5, 0.6) is 5.75 Å². The molecule has 1 aliphatic rings. The van der Waals surface area contributed by atoms with E-state index in [0.717, 1.165) is 42.3 Å². The molecule has 1 N–H and O–H groups in total. The summed E-state index contributed by atoms with van der Waals surface area (Å²) in [5.41, 5.74) is 4.68. The molecule has 6 heteroatoms. The highest BCUT2D eigenvalue weighted by Crippen LogP contribution is 2.29. The van der Waals surface area contributed by atoms with Gasteiger partial charge in [-0.3, -0.25) is 0 Å². The van der Waals surface area contributed by atoms with Crippen molar-refractivity contribution < 1.29 is 12.6 Å². The Morgan fingerprint density at radius 2 is 1.69 bits per heavy atom. The van der Waals surface area contributed by atoms with Gasteiger partial charge in [0.25, 0.3) is 0 Å². The number of H-pyrrole nitrogens is 1. The number of likely N-dealkylation sites (tertiary alicyclic amines) is 1. The summed E-state index contributed by atoms with van der Waals surface area (Å²) in [5, 5.41) is 1.02. The molecule has 1 fully saturated rings. The van der Waals surface area contributed by atoms with E-state index in [9.17, 15) is 8.42 Å². The van der Waals surface area contributed by atoms with E-state index < -0.39 is 10.1 Å². The number of hydrogen-bond donors (Lipinski definition) is 1. The SMILES string of the molecule is Cc1ccc(S(=O)(=O)Oc2ccc3[nH]cc(CCCCN4CCC(c5ccccc5)CC4)c3c2)cc1. The quantitative estimate of drug-likeness (QED) is 0.211. The van der Waals surface area contributed by atoms with E-state index >= 15 is 0 Å². The molecule has 2 heterocycles. The molecule has 0 unspecified atom stereocenters. The van der Waals surface area contributed by atoms with Gasteiger partial charge in [0, 0.05) is 17.1 Å². The van der Waals surface area contributed by atoms with Crippen LogP contribution in [0.2, 0.25) is 0 Å². The Balaban J connectivity index is 1.14. The second-order valence-corrected chi connectivity index (χ2v) is 11.4. The third kappa shape index (κ3) is 5.82. The van der Waals surface area contributed by atoms with Crippen molar-refractivity contribution in [1.82, 2.24) is 9.88 Å². The van der Waals surface area contributed by atoms with E-state index in [1.807, 2.05) is 25.3 Å². The molecule has 1 aromatic heterocycles. The van der Waals surface area contributed by atoms with Crippen molar-refractivity contribution in [3.8, 4) is 5.75 Å². The first-order valence-electron chi connectivity index (χ1n) is 12.9. The van der Waals surface area contributed by atoms with Crippen LogP contribution in [0.3, 0.4) is 0 Å². The summed E-state index contributed by atoms with van der Waals surface area (Å²) in [6.07, 6.45) is 7.71. The van der Waals surface area contributed by atoms with Gasteiger partial charge in [-0.2, -0.15) is 8.42 Å². The molecule has 0 spiro atoms. The number of nitrogens with one attached hydrogen (secondary N) is 1. The third-order valence-electron chi connectivity index (χ3n) is 7.28. The average Bonchev–Trinajstić information content (AvgIpc) is 3.29. The lowest BCUT2D eigenvalue weighted by atomic mass is 9.89. The first-order chi connectivity index (χ1) is 17.5. The van der Waals surface area contributed by atoms with E-state index in [0.29, 0.717) is 11.7 Å². The molecule has 1 saturated heterocycles. The Labute approximate surface area is 214 Å². The number of aromatic amines is 1. The second kappa shape index (κ2) is 10.9. The van der Waals surface area contributed by atoms with E-state index in [4.69, 9.17) is 4.18 Å². The second-order valence-electron chi connectivity index (χ2n) is 9.86. The molecule has 0 aliphatic carbocycles. The molecule has 188 valence electrons. The Bertz CT molecular complexity index is 1390. The maximum Gasteiger partial charge on any atom is 0.339 e. The predicted octanol–water partition coefficient (Wildman–Crippen LogP) is 6.45. The van der Waals surface area contributed by atoms with Gasteiger partial charge in [0.05, 0.1) is 0 Å². The zero-order valence-corrected chi connectivity index (χ0v) is 21.6. The summed E-state index contributed by atoms with van der Waals surface area (Å²) >= 11 is 0. The lowest BCUT2D eigenvalue weighted by Gasteiger charge is -2.32.